The van der Waals surface area contributed by atoms with Crippen LogP contribution >= 0.6 is 0 Å². The van der Waals surface area contributed by atoms with Gasteiger partial charge in [-0.1, -0.05) is 20.8 Å². The number of nitrogens with zero attached hydrogens (tertiary/aromatic N) is 2. The number of amides is 1. The van der Waals surface area contributed by atoms with Crippen LogP contribution in [0.1, 0.15) is 20.8 Å². The Hall–Kier alpha value is -0.610. The van der Waals surface area contributed by atoms with E-state index >= 15 is 0 Å². The quantitative estimate of drug-likeness (QED) is 0.745. The van der Waals surface area contributed by atoms with Crippen molar-refractivity contribution in [3.8, 4) is 0 Å². The first-order chi connectivity index (χ1) is 7.36. The molecule has 0 aliphatic carbocycles. The summed E-state index contributed by atoms with van der Waals surface area (Å²) in [5.74, 6) is -0.181. The van der Waals surface area contributed by atoms with Gasteiger partial charge in [-0.3, -0.25) is 4.79 Å². The van der Waals surface area contributed by atoms with Crippen molar-refractivity contribution in [2.24, 2.45) is 11.3 Å². The van der Waals surface area contributed by atoms with Gasteiger partial charge in [-0.05, 0) is 12.5 Å². The second-order valence-electron chi connectivity index (χ2n) is 5.73. The molecule has 94 valence electrons. The predicted molar refractivity (Wildman–Crippen MR) is 64.1 cm³/mol. The maximum Gasteiger partial charge on any atom is 0.228 e. The first-order valence-corrected chi connectivity index (χ1v) is 5.94. The van der Waals surface area contributed by atoms with Crippen molar-refractivity contribution >= 4 is 5.91 Å². The van der Waals surface area contributed by atoms with Gasteiger partial charge in [-0.2, -0.15) is 0 Å². The molecule has 16 heavy (non-hydrogen) atoms. The lowest BCUT2D eigenvalue weighted by atomic mass is 9.80. The maximum atomic E-state index is 12.2. The van der Waals surface area contributed by atoms with E-state index in [0.717, 1.165) is 26.2 Å². The van der Waals surface area contributed by atoms with Crippen LogP contribution in [0.2, 0.25) is 0 Å². The molecule has 0 saturated carbocycles. The van der Waals surface area contributed by atoms with Gasteiger partial charge in [0.05, 0.1) is 12.5 Å². The summed E-state index contributed by atoms with van der Waals surface area (Å²) in [5, 5.41) is 9.36. The highest BCUT2D eigenvalue weighted by molar-refractivity contribution is 5.79. The second kappa shape index (κ2) is 5.15. The van der Waals surface area contributed by atoms with Gasteiger partial charge < -0.3 is 14.9 Å². The molecule has 4 heteroatoms. The maximum absolute atomic E-state index is 12.2. The smallest absolute Gasteiger partial charge is 0.228 e. The van der Waals surface area contributed by atoms with Crippen molar-refractivity contribution in [1.29, 1.82) is 0 Å². The number of piperazine rings is 1. The summed E-state index contributed by atoms with van der Waals surface area (Å²) in [4.78, 5) is 16.3. The third-order valence-corrected chi connectivity index (χ3v) is 3.34. The summed E-state index contributed by atoms with van der Waals surface area (Å²) < 4.78 is 0. The fraction of sp³-hybridized carbons (Fsp3) is 0.917. The van der Waals surface area contributed by atoms with E-state index in [1.807, 2.05) is 25.7 Å². The first kappa shape index (κ1) is 13.5. The highest BCUT2D eigenvalue weighted by Crippen LogP contribution is 2.27. The zero-order valence-electron chi connectivity index (χ0n) is 10.9. The van der Waals surface area contributed by atoms with Crippen LogP contribution in [0.5, 0.6) is 0 Å². The van der Waals surface area contributed by atoms with E-state index in [0.29, 0.717) is 0 Å². The number of carbonyl (C=O) groups is 1. The number of hydrogen-bond donors (Lipinski definition) is 1. The van der Waals surface area contributed by atoms with E-state index < -0.39 is 0 Å². The third kappa shape index (κ3) is 3.19. The minimum Gasteiger partial charge on any atom is -0.396 e. The summed E-state index contributed by atoms with van der Waals surface area (Å²) in [6.45, 7) is 9.35. The lowest BCUT2D eigenvalue weighted by Gasteiger charge is -2.37. The largest absolute Gasteiger partial charge is 0.396 e. The minimum absolute atomic E-state index is 0.0608. The lowest BCUT2D eigenvalue weighted by molar-refractivity contribution is -0.142. The van der Waals surface area contributed by atoms with E-state index in [1.54, 1.807) is 0 Å². The van der Waals surface area contributed by atoms with E-state index in [2.05, 4.69) is 11.9 Å². The monoisotopic (exact) mass is 228 g/mol. The Morgan fingerprint density at radius 2 is 1.75 bits per heavy atom. The molecule has 0 aromatic rings. The molecule has 1 fully saturated rings. The molecule has 1 unspecified atom stereocenters. The Labute approximate surface area is 98.2 Å². The van der Waals surface area contributed by atoms with Crippen LogP contribution < -0.4 is 0 Å². The first-order valence-electron chi connectivity index (χ1n) is 5.94. The molecule has 1 saturated heterocycles. The molecule has 0 aromatic heterocycles. The van der Waals surface area contributed by atoms with Gasteiger partial charge >= 0.3 is 0 Å². The highest BCUT2D eigenvalue weighted by atomic mass is 16.3. The molecular formula is C12H24N2O2. The zero-order chi connectivity index (χ0) is 12.3. The predicted octanol–water partition coefficient (Wildman–Crippen LogP) is 0.415. The minimum atomic E-state index is -0.282. The van der Waals surface area contributed by atoms with Crippen LogP contribution in [-0.4, -0.2) is 60.6 Å². The molecule has 0 aromatic carbocycles. The molecule has 1 heterocycles. The number of rotatable bonds is 2. The topological polar surface area (TPSA) is 43.8 Å². The van der Waals surface area contributed by atoms with Gasteiger partial charge in [0.1, 0.15) is 0 Å². The number of aliphatic hydroxyl groups excluding tert-OH is 1. The van der Waals surface area contributed by atoms with E-state index in [1.165, 1.54) is 0 Å². The van der Waals surface area contributed by atoms with Crippen LogP contribution in [0, 0.1) is 11.3 Å². The molecule has 1 N–H and O–H groups in total. The van der Waals surface area contributed by atoms with Crippen LogP contribution in [-0.2, 0) is 4.79 Å². The standard InChI is InChI=1S/C12H24N2O2/c1-12(2,3)10(9-15)11(16)14-7-5-13(4)6-8-14/h10,15H,5-9H2,1-4H3. The van der Waals surface area contributed by atoms with E-state index in [-0.39, 0.29) is 23.8 Å². The number of aliphatic hydroxyl groups is 1. The van der Waals surface area contributed by atoms with Gasteiger partial charge in [0.15, 0.2) is 0 Å². The molecule has 0 radical (unpaired) electrons. The van der Waals surface area contributed by atoms with Crippen molar-refractivity contribution in [1.82, 2.24) is 9.80 Å². The van der Waals surface area contributed by atoms with Gasteiger partial charge in [-0.15, -0.1) is 0 Å². The molecule has 4 nitrogen and oxygen atoms in total. The molecule has 1 rings (SSSR count). The number of likely N-dealkylation sites (N-methyl/N-ethyl adjacent to an activating group) is 1. The fourth-order valence-corrected chi connectivity index (χ4v) is 1.97. The average molecular weight is 228 g/mol. The lowest BCUT2D eigenvalue weighted by Crippen LogP contribution is -2.51. The van der Waals surface area contributed by atoms with Crippen LogP contribution in [0.3, 0.4) is 0 Å². The summed E-state index contributed by atoms with van der Waals surface area (Å²) >= 11 is 0. The summed E-state index contributed by atoms with van der Waals surface area (Å²) in [7, 11) is 2.06. The fourth-order valence-electron chi connectivity index (χ4n) is 1.97. The van der Waals surface area contributed by atoms with Crippen LogP contribution in [0.4, 0.5) is 0 Å². The molecule has 1 aliphatic heterocycles. The van der Waals surface area contributed by atoms with Crippen LogP contribution in [0.15, 0.2) is 0 Å². The van der Waals surface area contributed by atoms with Gasteiger partial charge in [0.25, 0.3) is 0 Å². The van der Waals surface area contributed by atoms with Crippen molar-refractivity contribution < 1.29 is 9.90 Å². The third-order valence-electron chi connectivity index (χ3n) is 3.34. The van der Waals surface area contributed by atoms with Gasteiger partial charge in [0.2, 0.25) is 5.91 Å². The Balaban J connectivity index is 2.62. The summed E-state index contributed by atoms with van der Waals surface area (Å²) in [5.41, 5.74) is -0.171. The van der Waals surface area contributed by atoms with Crippen molar-refractivity contribution in [3.05, 3.63) is 0 Å². The second-order valence-corrected chi connectivity index (χ2v) is 5.73. The number of carbonyl (C=O) groups excluding carboxylic acids is 1. The van der Waals surface area contributed by atoms with Crippen molar-refractivity contribution in [2.45, 2.75) is 20.8 Å². The van der Waals surface area contributed by atoms with Crippen molar-refractivity contribution in [3.63, 3.8) is 0 Å². The Kier molecular flexibility index (Phi) is 4.33. The molecular weight excluding hydrogens is 204 g/mol. The SMILES string of the molecule is CN1CCN(C(=O)C(CO)C(C)(C)C)CC1. The van der Waals surface area contributed by atoms with Gasteiger partial charge in [0, 0.05) is 26.2 Å². The Morgan fingerprint density at radius 1 is 1.25 bits per heavy atom. The molecule has 1 aliphatic rings. The highest BCUT2D eigenvalue weighted by Gasteiger charge is 2.34. The zero-order valence-corrected chi connectivity index (χ0v) is 10.9. The summed E-state index contributed by atoms with van der Waals surface area (Å²) in [6.07, 6.45) is 0. The van der Waals surface area contributed by atoms with E-state index in [4.69, 9.17) is 0 Å². The van der Waals surface area contributed by atoms with Gasteiger partial charge in [-0.25, -0.2) is 0 Å². The normalized spacial score (nSPS) is 20.9. The Morgan fingerprint density at radius 3 is 2.12 bits per heavy atom. The Bertz CT molecular complexity index is 240. The molecule has 0 bridgehead atoms. The average Bonchev–Trinajstić information content (AvgIpc) is 2.17. The van der Waals surface area contributed by atoms with E-state index in [9.17, 15) is 9.90 Å². The molecule has 0 spiro atoms. The summed E-state index contributed by atoms with van der Waals surface area (Å²) in [6, 6.07) is 0. The molecule has 1 amide bonds. The molecule has 1 atom stereocenters. The number of hydrogen-bond acceptors (Lipinski definition) is 3. The van der Waals surface area contributed by atoms with Crippen molar-refractivity contribution in [2.75, 3.05) is 39.8 Å². The van der Waals surface area contributed by atoms with Crippen LogP contribution in [0.25, 0.3) is 0 Å².